The zero-order valence-corrected chi connectivity index (χ0v) is 11.3. The molecule has 3 heterocycles. The molecule has 0 bridgehead atoms. The van der Waals surface area contributed by atoms with Crippen molar-refractivity contribution < 1.29 is 9.84 Å². The van der Waals surface area contributed by atoms with Crippen LogP contribution in [-0.2, 0) is 12.0 Å². The molecule has 0 spiro atoms. The van der Waals surface area contributed by atoms with Crippen LogP contribution in [0.5, 0.6) is 5.75 Å². The van der Waals surface area contributed by atoms with E-state index in [2.05, 4.69) is 17.0 Å². The highest BCUT2D eigenvalue weighted by Gasteiger charge is 2.47. The van der Waals surface area contributed by atoms with Crippen molar-refractivity contribution in [1.82, 2.24) is 4.90 Å². The first-order chi connectivity index (χ1) is 9.27. The van der Waals surface area contributed by atoms with Gasteiger partial charge in [-0.05, 0) is 49.1 Å². The molecule has 1 N–H and O–H groups in total. The number of fused-ring (bicyclic) bond motifs is 2. The van der Waals surface area contributed by atoms with Crippen molar-refractivity contribution >= 4 is 0 Å². The molecule has 2 saturated heterocycles. The van der Waals surface area contributed by atoms with Crippen LogP contribution in [0.1, 0.15) is 36.8 Å². The molecule has 102 valence electrons. The Labute approximate surface area is 114 Å². The fourth-order valence-corrected chi connectivity index (χ4v) is 4.07. The second-order valence-corrected chi connectivity index (χ2v) is 6.14. The summed E-state index contributed by atoms with van der Waals surface area (Å²) in [6.45, 7) is 2.97. The van der Waals surface area contributed by atoms with Crippen molar-refractivity contribution in [2.45, 2.75) is 43.7 Å². The predicted molar refractivity (Wildman–Crippen MR) is 73.4 cm³/mol. The minimum absolute atomic E-state index is 0.321. The topological polar surface area (TPSA) is 32.7 Å². The van der Waals surface area contributed by atoms with Gasteiger partial charge in [0.1, 0.15) is 11.4 Å². The number of ether oxygens (including phenoxy) is 1. The van der Waals surface area contributed by atoms with Crippen LogP contribution in [0.15, 0.2) is 18.2 Å². The third kappa shape index (κ3) is 1.72. The molecule has 3 nitrogen and oxygen atoms in total. The second kappa shape index (κ2) is 4.22. The lowest BCUT2D eigenvalue weighted by Crippen LogP contribution is -2.45. The maximum atomic E-state index is 11.2. The molecule has 2 fully saturated rings. The third-order valence-corrected chi connectivity index (χ3v) is 5.13. The number of rotatable bonds is 1. The molecule has 0 aliphatic carbocycles. The fraction of sp³-hybridized carbons (Fsp3) is 0.625. The van der Waals surface area contributed by atoms with Crippen molar-refractivity contribution in [3.8, 4) is 5.75 Å². The molecule has 2 atom stereocenters. The lowest BCUT2D eigenvalue weighted by molar-refractivity contribution is -0.0138. The second-order valence-electron chi connectivity index (χ2n) is 6.14. The molecular weight excluding hydrogens is 238 g/mol. The van der Waals surface area contributed by atoms with Crippen molar-refractivity contribution in [1.29, 1.82) is 0 Å². The molecule has 1 aromatic rings. The Morgan fingerprint density at radius 1 is 1.26 bits per heavy atom. The number of hydrogen-bond donors (Lipinski definition) is 1. The highest BCUT2D eigenvalue weighted by atomic mass is 16.5. The number of piperidine rings is 1. The van der Waals surface area contributed by atoms with Gasteiger partial charge in [-0.25, -0.2) is 0 Å². The first-order valence-corrected chi connectivity index (χ1v) is 7.50. The van der Waals surface area contributed by atoms with Gasteiger partial charge in [-0.3, -0.25) is 4.90 Å². The van der Waals surface area contributed by atoms with E-state index in [0.717, 1.165) is 50.3 Å². The molecule has 0 saturated carbocycles. The van der Waals surface area contributed by atoms with E-state index in [4.69, 9.17) is 4.74 Å². The minimum Gasteiger partial charge on any atom is -0.493 e. The van der Waals surface area contributed by atoms with Crippen LogP contribution in [0.25, 0.3) is 0 Å². The van der Waals surface area contributed by atoms with Crippen LogP contribution in [0.4, 0.5) is 0 Å². The van der Waals surface area contributed by atoms with E-state index in [0.29, 0.717) is 6.04 Å². The summed E-state index contributed by atoms with van der Waals surface area (Å²) < 4.78 is 5.56. The Bertz CT molecular complexity index is 502. The summed E-state index contributed by atoms with van der Waals surface area (Å²) in [6.07, 6.45) is 5.51. The summed E-state index contributed by atoms with van der Waals surface area (Å²) in [5.74, 6) is 1.01. The maximum absolute atomic E-state index is 11.2. The lowest BCUT2D eigenvalue weighted by Gasteiger charge is -2.37. The van der Waals surface area contributed by atoms with Crippen LogP contribution < -0.4 is 4.74 Å². The Hall–Kier alpha value is -1.06. The normalized spacial score (nSPS) is 33.8. The highest BCUT2D eigenvalue weighted by Crippen LogP contribution is 2.43. The fourth-order valence-electron chi connectivity index (χ4n) is 4.07. The zero-order chi connectivity index (χ0) is 12.9. The van der Waals surface area contributed by atoms with Gasteiger partial charge in [-0.2, -0.15) is 0 Å². The summed E-state index contributed by atoms with van der Waals surface area (Å²) in [4.78, 5) is 2.48. The molecule has 0 amide bonds. The van der Waals surface area contributed by atoms with Crippen molar-refractivity contribution in [2.24, 2.45) is 0 Å². The first kappa shape index (κ1) is 11.7. The number of nitrogens with zero attached hydrogens (tertiary/aromatic N) is 1. The van der Waals surface area contributed by atoms with Crippen LogP contribution in [-0.4, -0.2) is 35.7 Å². The molecule has 2 unspecified atom stereocenters. The molecule has 3 aliphatic heterocycles. The molecule has 4 rings (SSSR count). The van der Waals surface area contributed by atoms with Gasteiger partial charge in [0.15, 0.2) is 0 Å². The van der Waals surface area contributed by atoms with Crippen LogP contribution in [0, 0.1) is 0 Å². The Morgan fingerprint density at radius 2 is 2.21 bits per heavy atom. The molecule has 3 heteroatoms. The average Bonchev–Trinajstić information content (AvgIpc) is 3.04. The van der Waals surface area contributed by atoms with Gasteiger partial charge in [-0.15, -0.1) is 0 Å². The first-order valence-electron chi connectivity index (χ1n) is 7.50. The molecule has 0 radical (unpaired) electrons. The highest BCUT2D eigenvalue weighted by molar-refractivity contribution is 5.42. The molecular formula is C16H21NO2. The summed E-state index contributed by atoms with van der Waals surface area (Å²) in [7, 11) is 0. The quantitative estimate of drug-likeness (QED) is 0.838. The molecule has 1 aromatic carbocycles. The summed E-state index contributed by atoms with van der Waals surface area (Å²) >= 11 is 0. The summed E-state index contributed by atoms with van der Waals surface area (Å²) in [5, 5.41) is 11.2. The van der Waals surface area contributed by atoms with E-state index < -0.39 is 5.60 Å². The molecule has 19 heavy (non-hydrogen) atoms. The Balaban J connectivity index is 1.70. The lowest BCUT2D eigenvalue weighted by atomic mass is 9.82. The number of aliphatic hydroxyl groups is 1. The molecule has 0 aromatic heterocycles. The number of hydrogen-bond acceptors (Lipinski definition) is 3. The van der Waals surface area contributed by atoms with E-state index in [9.17, 15) is 5.11 Å². The maximum Gasteiger partial charge on any atom is 0.122 e. The van der Waals surface area contributed by atoms with Crippen LogP contribution in [0.2, 0.25) is 0 Å². The van der Waals surface area contributed by atoms with E-state index >= 15 is 0 Å². The Kier molecular flexibility index (Phi) is 2.61. The standard InChI is InChI=1S/C16H21NO2/c18-16(7-9-17-8-2-1-3-15(16)17)13-4-5-14-12(11-13)6-10-19-14/h4-5,11,15,18H,1-3,6-10H2. The summed E-state index contributed by atoms with van der Waals surface area (Å²) in [5.41, 5.74) is 1.73. The number of benzene rings is 1. The van der Waals surface area contributed by atoms with Gasteiger partial charge in [0, 0.05) is 19.0 Å². The predicted octanol–water partition coefficient (Wildman–Crippen LogP) is 2.07. The minimum atomic E-state index is -0.641. The van der Waals surface area contributed by atoms with Gasteiger partial charge >= 0.3 is 0 Å². The van der Waals surface area contributed by atoms with Gasteiger partial charge in [-0.1, -0.05) is 12.5 Å². The zero-order valence-electron chi connectivity index (χ0n) is 11.3. The SMILES string of the molecule is OC1(c2ccc3c(c2)CCO3)CCN2CCCCC21. The van der Waals surface area contributed by atoms with Crippen molar-refractivity contribution in [3.63, 3.8) is 0 Å². The van der Waals surface area contributed by atoms with E-state index in [-0.39, 0.29) is 0 Å². The van der Waals surface area contributed by atoms with Gasteiger partial charge in [0.25, 0.3) is 0 Å². The van der Waals surface area contributed by atoms with Crippen LogP contribution >= 0.6 is 0 Å². The Morgan fingerprint density at radius 3 is 3.16 bits per heavy atom. The van der Waals surface area contributed by atoms with E-state index in [1.165, 1.54) is 18.4 Å². The van der Waals surface area contributed by atoms with Crippen molar-refractivity contribution in [2.75, 3.05) is 19.7 Å². The van der Waals surface area contributed by atoms with E-state index in [1.807, 2.05) is 6.07 Å². The smallest absolute Gasteiger partial charge is 0.122 e. The molecule has 3 aliphatic rings. The van der Waals surface area contributed by atoms with Crippen molar-refractivity contribution in [3.05, 3.63) is 29.3 Å². The van der Waals surface area contributed by atoms with Gasteiger partial charge < -0.3 is 9.84 Å². The monoisotopic (exact) mass is 259 g/mol. The average molecular weight is 259 g/mol. The van der Waals surface area contributed by atoms with Crippen LogP contribution in [0.3, 0.4) is 0 Å². The van der Waals surface area contributed by atoms with Gasteiger partial charge in [0.05, 0.1) is 6.61 Å². The van der Waals surface area contributed by atoms with E-state index in [1.54, 1.807) is 0 Å². The third-order valence-electron chi connectivity index (χ3n) is 5.13. The van der Waals surface area contributed by atoms with Gasteiger partial charge in [0.2, 0.25) is 0 Å². The summed E-state index contributed by atoms with van der Waals surface area (Å²) in [6, 6.07) is 6.62. The largest absolute Gasteiger partial charge is 0.493 e.